The molecule has 1 N–H and O–H groups in total. The molecule has 0 aliphatic rings. The van der Waals surface area contributed by atoms with Crippen LogP contribution in [0.3, 0.4) is 0 Å². The van der Waals surface area contributed by atoms with Crippen LogP contribution in [0.5, 0.6) is 0 Å². The average molecular weight is 190 g/mol. The molecule has 2 aromatic rings. The normalized spacial score (nSPS) is 13.4. The van der Waals surface area contributed by atoms with Crippen LogP contribution in [0.2, 0.25) is 0 Å². The van der Waals surface area contributed by atoms with Crippen molar-refractivity contribution in [2.24, 2.45) is 0 Å². The molecule has 0 amide bonds. The van der Waals surface area contributed by atoms with Gasteiger partial charge in [0, 0.05) is 23.5 Å². The maximum absolute atomic E-state index is 9.09. The summed E-state index contributed by atoms with van der Waals surface area (Å²) in [6.07, 6.45) is 1.75. The summed E-state index contributed by atoms with van der Waals surface area (Å²) in [5.41, 5.74) is 3.16. The molecule has 2 nitrogen and oxygen atoms in total. The molecule has 0 spiro atoms. The third-order valence-corrected chi connectivity index (χ3v) is 2.63. The molecule has 1 heterocycles. The van der Waals surface area contributed by atoms with Crippen molar-refractivity contribution in [3.8, 4) is 0 Å². The summed E-state index contributed by atoms with van der Waals surface area (Å²) in [6.45, 7) is 4.18. The Kier molecular flexibility index (Phi) is 2.30. The lowest BCUT2D eigenvalue weighted by molar-refractivity contribution is 0.273. The van der Waals surface area contributed by atoms with Gasteiger partial charge in [-0.05, 0) is 12.5 Å². The van der Waals surface area contributed by atoms with Crippen molar-refractivity contribution < 1.29 is 9.52 Å². The van der Waals surface area contributed by atoms with Crippen molar-refractivity contribution in [3.63, 3.8) is 0 Å². The number of furan rings is 1. The molecule has 2 heteroatoms. The minimum Gasteiger partial charge on any atom is -0.464 e. The molecule has 0 fully saturated rings. The van der Waals surface area contributed by atoms with E-state index in [0.29, 0.717) is 0 Å². The summed E-state index contributed by atoms with van der Waals surface area (Å²) in [5, 5.41) is 10.2. The van der Waals surface area contributed by atoms with Crippen LogP contribution in [-0.4, -0.2) is 11.7 Å². The number of aryl methyl sites for hydroxylation is 1. The highest BCUT2D eigenvalue weighted by atomic mass is 16.3. The number of para-hydroxylation sites is 1. The summed E-state index contributed by atoms with van der Waals surface area (Å²) in [5.74, 6) is 0.137. The summed E-state index contributed by atoms with van der Waals surface area (Å²) >= 11 is 0. The maximum Gasteiger partial charge on any atom is 0.137 e. The molecule has 1 atom stereocenters. The van der Waals surface area contributed by atoms with E-state index in [9.17, 15) is 0 Å². The number of hydrogen-bond acceptors (Lipinski definition) is 2. The van der Waals surface area contributed by atoms with E-state index in [2.05, 4.69) is 0 Å². The largest absolute Gasteiger partial charge is 0.464 e. The van der Waals surface area contributed by atoms with Crippen LogP contribution in [0, 0.1) is 6.92 Å². The zero-order valence-corrected chi connectivity index (χ0v) is 8.45. The average Bonchev–Trinajstić information content (AvgIpc) is 2.62. The minimum absolute atomic E-state index is 0.137. The number of fused-ring (bicyclic) bond motifs is 1. The van der Waals surface area contributed by atoms with E-state index in [1.807, 2.05) is 32.0 Å². The molecule has 0 saturated heterocycles. The van der Waals surface area contributed by atoms with Crippen molar-refractivity contribution in [2.75, 3.05) is 6.61 Å². The Morgan fingerprint density at radius 1 is 1.43 bits per heavy atom. The second kappa shape index (κ2) is 3.46. The SMILES string of the molecule is Cc1cccc2c(C(C)CO)coc12. The van der Waals surface area contributed by atoms with Gasteiger partial charge in [-0.25, -0.2) is 0 Å². The van der Waals surface area contributed by atoms with Crippen molar-refractivity contribution in [1.82, 2.24) is 0 Å². The van der Waals surface area contributed by atoms with Crippen LogP contribution in [0.25, 0.3) is 11.0 Å². The van der Waals surface area contributed by atoms with Gasteiger partial charge in [-0.1, -0.05) is 25.1 Å². The van der Waals surface area contributed by atoms with Gasteiger partial charge in [0.15, 0.2) is 0 Å². The van der Waals surface area contributed by atoms with E-state index in [1.54, 1.807) is 6.26 Å². The summed E-state index contributed by atoms with van der Waals surface area (Å²) < 4.78 is 5.49. The Morgan fingerprint density at radius 3 is 2.93 bits per heavy atom. The number of rotatable bonds is 2. The lowest BCUT2D eigenvalue weighted by Crippen LogP contribution is -1.97. The molecule has 1 aromatic carbocycles. The predicted molar refractivity (Wildman–Crippen MR) is 56.5 cm³/mol. The summed E-state index contributed by atoms with van der Waals surface area (Å²) in [7, 11) is 0. The van der Waals surface area contributed by atoms with Gasteiger partial charge in [-0.2, -0.15) is 0 Å². The van der Waals surface area contributed by atoms with Crippen LogP contribution in [0.1, 0.15) is 24.0 Å². The van der Waals surface area contributed by atoms with Gasteiger partial charge >= 0.3 is 0 Å². The molecule has 1 unspecified atom stereocenters. The van der Waals surface area contributed by atoms with Crippen LogP contribution < -0.4 is 0 Å². The van der Waals surface area contributed by atoms with Crippen molar-refractivity contribution in [1.29, 1.82) is 0 Å². The fourth-order valence-electron chi connectivity index (χ4n) is 1.70. The van der Waals surface area contributed by atoms with Gasteiger partial charge < -0.3 is 9.52 Å². The number of benzene rings is 1. The molecule has 2 rings (SSSR count). The lowest BCUT2D eigenvalue weighted by Gasteiger charge is -2.04. The quantitative estimate of drug-likeness (QED) is 0.790. The second-order valence-electron chi connectivity index (χ2n) is 3.73. The topological polar surface area (TPSA) is 33.4 Å². The Balaban J connectivity index is 2.63. The lowest BCUT2D eigenvalue weighted by atomic mass is 10.0. The fourth-order valence-corrected chi connectivity index (χ4v) is 1.70. The second-order valence-corrected chi connectivity index (χ2v) is 3.73. The van der Waals surface area contributed by atoms with E-state index < -0.39 is 0 Å². The van der Waals surface area contributed by atoms with Crippen LogP contribution >= 0.6 is 0 Å². The van der Waals surface area contributed by atoms with E-state index in [0.717, 1.165) is 22.1 Å². The van der Waals surface area contributed by atoms with E-state index in [1.165, 1.54) is 0 Å². The zero-order valence-electron chi connectivity index (χ0n) is 8.45. The molecule has 0 radical (unpaired) electrons. The Morgan fingerprint density at radius 2 is 2.21 bits per heavy atom. The third kappa shape index (κ3) is 1.32. The van der Waals surface area contributed by atoms with Crippen LogP contribution in [0.15, 0.2) is 28.9 Å². The highest BCUT2D eigenvalue weighted by Crippen LogP contribution is 2.28. The van der Waals surface area contributed by atoms with Crippen molar-refractivity contribution >= 4 is 11.0 Å². The highest BCUT2D eigenvalue weighted by molar-refractivity contribution is 5.84. The molecule has 1 aromatic heterocycles. The molecular formula is C12H14O2. The molecule has 0 aliphatic carbocycles. The monoisotopic (exact) mass is 190 g/mol. The molecular weight excluding hydrogens is 176 g/mol. The van der Waals surface area contributed by atoms with Gasteiger partial charge in [-0.15, -0.1) is 0 Å². The van der Waals surface area contributed by atoms with Gasteiger partial charge in [0.25, 0.3) is 0 Å². The van der Waals surface area contributed by atoms with Crippen LogP contribution in [0.4, 0.5) is 0 Å². The fraction of sp³-hybridized carbons (Fsp3) is 0.333. The minimum atomic E-state index is 0.137. The Labute approximate surface area is 83.2 Å². The van der Waals surface area contributed by atoms with Crippen molar-refractivity contribution in [3.05, 3.63) is 35.6 Å². The molecule has 0 aliphatic heterocycles. The van der Waals surface area contributed by atoms with Gasteiger partial charge in [-0.3, -0.25) is 0 Å². The van der Waals surface area contributed by atoms with Gasteiger partial charge in [0.05, 0.1) is 6.26 Å². The molecule has 14 heavy (non-hydrogen) atoms. The van der Waals surface area contributed by atoms with Crippen LogP contribution in [-0.2, 0) is 0 Å². The predicted octanol–water partition coefficient (Wildman–Crippen LogP) is 2.84. The molecule has 0 bridgehead atoms. The number of aliphatic hydroxyl groups excluding tert-OH is 1. The standard InChI is InChI=1S/C12H14O2/c1-8-4-3-5-10-11(9(2)6-13)7-14-12(8)10/h3-5,7,9,13H,6H2,1-2H3. The third-order valence-electron chi connectivity index (χ3n) is 2.63. The van der Waals surface area contributed by atoms with Gasteiger partial charge in [0.2, 0.25) is 0 Å². The molecule has 0 saturated carbocycles. The Bertz CT molecular complexity index is 443. The highest BCUT2D eigenvalue weighted by Gasteiger charge is 2.12. The first kappa shape index (κ1) is 9.28. The first-order valence-electron chi connectivity index (χ1n) is 4.81. The first-order chi connectivity index (χ1) is 6.74. The maximum atomic E-state index is 9.09. The smallest absolute Gasteiger partial charge is 0.137 e. The van der Waals surface area contributed by atoms with Crippen molar-refractivity contribution in [2.45, 2.75) is 19.8 Å². The summed E-state index contributed by atoms with van der Waals surface area (Å²) in [4.78, 5) is 0. The summed E-state index contributed by atoms with van der Waals surface area (Å²) in [6, 6.07) is 6.08. The van der Waals surface area contributed by atoms with E-state index in [-0.39, 0.29) is 12.5 Å². The molecule has 74 valence electrons. The Hall–Kier alpha value is -1.28. The van der Waals surface area contributed by atoms with Gasteiger partial charge in [0.1, 0.15) is 5.58 Å². The number of hydrogen-bond donors (Lipinski definition) is 1. The zero-order chi connectivity index (χ0) is 10.1. The first-order valence-corrected chi connectivity index (χ1v) is 4.81. The van der Waals surface area contributed by atoms with E-state index >= 15 is 0 Å². The number of aliphatic hydroxyl groups is 1. The van der Waals surface area contributed by atoms with E-state index in [4.69, 9.17) is 9.52 Å².